The molecule has 0 amide bonds. The first-order chi connectivity index (χ1) is 7.02. The number of carbonyl (C=O) groups excluding carboxylic acids is 1. The molecule has 1 aromatic rings. The van der Waals surface area contributed by atoms with Crippen molar-refractivity contribution in [3.63, 3.8) is 0 Å². The van der Waals surface area contributed by atoms with Crippen LogP contribution in [0.5, 0.6) is 11.5 Å². The van der Waals surface area contributed by atoms with Gasteiger partial charge >= 0.3 is 5.69 Å². The summed E-state index contributed by atoms with van der Waals surface area (Å²) in [5.41, 5.74) is -0.728. The minimum absolute atomic E-state index is 0.141. The van der Waals surface area contributed by atoms with Crippen LogP contribution in [-0.4, -0.2) is 23.4 Å². The molecule has 0 fully saturated rings. The van der Waals surface area contributed by atoms with E-state index in [9.17, 15) is 20.0 Å². The van der Waals surface area contributed by atoms with E-state index in [2.05, 4.69) is 20.7 Å². The minimum Gasteiger partial charge on any atom is -0.504 e. The van der Waals surface area contributed by atoms with Gasteiger partial charge in [-0.05, 0) is 22.0 Å². The van der Waals surface area contributed by atoms with E-state index < -0.39 is 16.4 Å². The van der Waals surface area contributed by atoms with E-state index in [-0.39, 0.29) is 15.8 Å². The average molecular weight is 276 g/mol. The molecule has 0 aliphatic heterocycles. The Bertz CT molecular complexity index is 432. The number of phenolic OH excluding ortho intramolecular Hbond substituents is 1. The molecule has 0 aliphatic rings. The van der Waals surface area contributed by atoms with E-state index in [1.165, 1.54) is 7.11 Å². The van der Waals surface area contributed by atoms with Crippen LogP contribution < -0.4 is 4.74 Å². The third kappa shape index (κ3) is 1.91. The Morgan fingerprint density at radius 3 is 2.67 bits per heavy atom. The van der Waals surface area contributed by atoms with Crippen LogP contribution in [0.1, 0.15) is 10.4 Å². The maximum Gasteiger partial charge on any atom is 0.326 e. The smallest absolute Gasteiger partial charge is 0.326 e. The Morgan fingerprint density at radius 2 is 2.27 bits per heavy atom. The molecule has 1 rings (SSSR count). The third-order valence-electron chi connectivity index (χ3n) is 1.73. The van der Waals surface area contributed by atoms with Crippen molar-refractivity contribution >= 4 is 27.9 Å². The van der Waals surface area contributed by atoms with Gasteiger partial charge in [0.2, 0.25) is 5.75 Å². The lowest BCUT2D eigenvalue weighted by Crippen LogP contribution is -1.99. The summed E-state index contributed by atoms with van der Waals surface area (Å²) < 4.78 is 4.80. The molecule has 1 aromatic carbocycles. The second-order valence-electron chi connectivity index (χ2n) is 2.55. The van der Waals surface area contributed by atoms with E-state index in [4.69, 9.17) is 0 Å². The fourth-order valence-electron chi connectivity index (χ4n) is 1.11. The molecule has 0 aromatic heterocycles. The molecule has 0 spiro atoms. The number of ether oxygens (including phenoxy) is 1. The number of phenols is 1. The molecule has 7 heteroatoms. The second-order valence-corrected chi connectivity index (χ2v) is 3.40. The summed E-state index contributed by atoms with van der Waals surface area (Å²) in [5.74, 6) is -0.730. The number of nitrogens with zero attached hydrogens (tertiary/aromatic N) is 1. The number of aromatic hydroxyl groups is 1. The van der Waals surface area contributed by atoms with Crippen molar-refractivity contribution in [3.8, 4) is 11.5 Å². The number of benzene rings is 1. The summed E-state index contributed by atoms with van der Waals surface area (Å²) in [7, 11) is 1.17. The zero-order chi connectivity index (χ0) is 11.6. The fourth-order valence-corrected chi connectivity index (χ4v) is 1.61. The van der Waals surface area contributed by atoms with Gasteiger partial charge in [-0.25, -0.2) is 0 Å². The van der Waals surface area contributed by atoms with Crippen molar-refractivity contribution in [2.75, 3.05) is 7.11 Å². The molecule has 6 nitrogen and oxygen atoms in total. The lowest BCUT2D eigenvalue weighted by atomic mass is 10.1. The van der Waals surface area contributed by atoms with E-state index in [1.54, 1.807) is 0 Å². The lowest BCUT2D eigenvalue weighted by molar-refractivity contribution is -0.386. The molecule has 0 saturated carbocycles. The van der Waals surface area contributed by atoms with Crippen LogP contribution in [0.15, 0.2) is 10.5 Å². The van der Waals surface area contributed by atoms with Crippen molar-refractivity contribution in [1.82, 2.24) is 0 Å². The number of hydrogen-bond acceptors (Lipinski definition) is 5. The standard InChI is InChI=1S/C8H6BrNO5/c1-15-8-6(12)2-5(9)4(3-11)7(8)10(13)14/h2-3,12H,1H3. The highest BCUT2D eigenvalue weighted by molar-refractivity contribution is 9.10. The zero-order valence-electron chi connectivity index (χ0n) is 7.56. The molecule has 1 N–H and O–H groups in total. The number of nitro benzene ring substituents is 1. The summed E-state index contributed by atoms with van der Waals surface area (Å²) in [5, 5.41) is 20.1. The predicted octanol–water partition coefficient (Wildman–Crippen LogP) is 1.88. The first-order valence-electron chi connectivity index (χ1n) is 3.72. The molecule has 0 aliphatic carbocycles. The highest BCUT2D eigenvalue weighted by atomic mass is 79.9. The van der Waals surface area contributed by atoms with E-state index in [1.807, 2.05) is 0 Å². The van der Waals surface area contributed by atoms with Gasteiger partial charge in [0.1, 0.15) is 5.56 Å². The highest BCUT2D eigenvalue weighted by Crippen LogP contribution is 2.41. The number of halogens is 1. The van der Waals surface area contributed by atoms with Gasteiger partial charge in [-0.15, -0.1) is 0 Å². The van der Waals surface area contributed by atoms with Gasteiger partial charge in [0.15, 0.2) is 12.0 Å². The van der Waals surface area contributed by atoms with Crippen molar-refractivity contribution in [3.05, 3.63) is 26.2 Å². The molecule has 0 unspecified atom stereocenters. The van der Waals surface area contributed by atoms with Crippen molar-refractivity contribution in [2.45, 2.75) is 0 Å². The minimum atomic E-state index is -0.785. The van der Waals surface area contributed by atoms with Crippen molar-refractivity contribution in [2.24, 2.45) is 0 Å². The van der Waals surface area contributed by atoms with Gasteiger partial charge < -0.3 is 9.84 Å². The Balaban J connectivity index is 3.66. The molecule has 0 saturated heterocycles. The second kappa shape index (κ2) is 4.26. The van der Waals surface area contributed by atoms with Crippen molar-refractivity contribution < 1.29 is 19.6 Å². The molecule has 15 heavy (non-hydrogen) atoms. The van der Waals surface area contributed by atoms with Crippen LogP contribution in [0.4, 0.5) is 5.69 Å². The molecule has 0 heterocycles. The van der Waals surface area contributed by atoms with Gasteiger partial charge in [-0.1, -0.05) is 0 Å². The Labute approximate surface area is 92.8 Å². The molecule has 0 radical (unpaired) electrons. The summed E-state index contributed by atoms with van der Waals surface area (Å²) in [4.78, 5) is 20.6. The average Bonchev–Trinajstić information content (AvgIpc) is 2.16. The first kappa shape index (κ1) is 11.4. The van der Waals surface area contributed by atoms with E-state index in [0.717, 1.165) is 6.07 Å². The summed E-state index contributed by atoms with van der Waals surface area (Å²) >= 11 is 2.94. The number of methoxy groups -OCH3 is 1. The number of aldehydes is 1. The molecule has 0 bridgehead atoms. The summed E-state index contributed by atoms with van der Waals surface area (Å²) in [6.45, 7) is 0. The molecule has 80 valence electrons. The summed E-state index contributed by atoms with van der Waals surface area (Å²) in [6, 6.07) is 1.16. The van der Waals surface area contributed by atoms with Gasteiger partial charge in [0.05, 0.1) is 12.0 Å². The van der Waals surface area contributed by atoms with Crippen LogP contribution in [0.3, 0.4) is 0 Å². The predicted molar refractivity (Wildman–Crippen MR) is 54.4 cm³/mol. The Morgan fingerprint density at radius 1 is 1.67 bits per heavy atom. The third-order valence-corrected chi connectivity index (χ3v) is 2.38. The van der Waals surface area contributed by atoms with Gasteiger partial charge in [0, 0.05) is 4.47 Å². The Kier molecular flexibility index (Phi) is 3.25. The number of rotatable bonds is 3. The number of nitro groups is 1. The quantitative estimate of drug-likeness (QED) is 0.517. The lowest BCUT2D eigenvalue weighted by Gasteiger charge is -2.06. The highest BCUT2D eigenvalue weighted by Gasteiger charge is 2.26. The molecular weight excluding hydrogens is 270 g/mol. The van der Waals surface area contributed by atoms with Gasteiger partial charge in [-0.2, -0.15) is 0 Å². The van der Waals surface area contributed by atoms with Gasteiger partial charge in [-0.3, -0.25) is 14.9 Å². The van der Waals surface area contributed by atoms with Crippen LogP contribution in [0.2, 0.25) is 0 Å². The van der Waals surface area contributed by atoms with E-state index in [0.29, 0.717) is 6.29 Å². The maximum atomic E-state index is 10.7. The van der Waals surface area contributed by atoms with Crippen LogP contribution >= 0.6 is 15.9 Å². The first-order valence-corrected chi connectivity index (χ1v) is 4.51. The van der Waals surface area contributed by atoms with Crippen molar-refractivity contribution in [1.29, 1.82) is 0 Å². The normalized spacial score (nSPS) is 9.73. The van der Waals surface area contributed by atoms with E-state index >= 15 is 0 Å². The largest absolute Gasteiger partial charge is 0.504 e. The topological polar surface area (TPSA) is 89.7 Å². The molecule has 0 atom stereocenters. The SMILES string of the molecule is COc1c(O)cc(Br)c(C=O)c1[N+](=O)[O-]. The molecular formula is C8H6BrNO5. The Hall–Kier alpha value is -1.63. The van der Waals surface area contributed by atoms with Crippen LogP contribution in [-0.2, 0) is 0 Å². The summed E-state index contributed by atoms with van der Waals surface area (Å²) in [6.07, 6.45) is 0.324. The number of carbonyl (C=O) groups is 1. The monoisotopic (exact) mass is 275 g/mol. The maximum absolute atomic E-state index is 10.7. The van der Waals surface area contributed by atoms with Gasteiger partial charge in [0.25, 0.3) is 0 Å². The zero-order valence-corrected chi connectivity index (χ0v) is 9.15. The number of hydrogen-bond donors (Lipinski definition) is 1. The van der Waals surface area contributed by atoms with Crippen LogP contribution in [0.25, 0.3) is 0 Å². The van der Waals surface area contributed by atoms with Crippen LogP contribution in [0, 0.1) is 10.1 Å². The fraction of sp³-hybridized carbons (Fsp3) is 0.125.